The molecule has 2 aliphatic rings. The summed E-state index contributed by atoms with van der Waals surface area (Å²) < 4.78 is 37.5. The Hall–Kier alpha value is -1.07. The van der Waals surface area contributed by atoms with Crippen molar-refractivity contribution in [2.75, 3.05) is 0 Å². The summed E-state index contributed by atoms with van der Waals surface area (Å²) >= 11 is 0. The number of hydrogen-bond acceptors (Lipinski definition) is 2. The largest absolute Gasteiger partial charge is 0.416 e. The fraction of sp³-hybridized carbons (Fsp3) is 0.538. The average molecular weight is 256 g/mol. The summed E-state index contributed by atoms with van der Waals surface area (Å²) in [5, 5.41) is 3.42. The van der Waals surface area contributed by atoms with E-state index in [0.717, 1.165) is 30.5 Å². The maximum absolute atomic E-state index is 12.5. The normalized spacial score (nSPS) is 35.1. The molecule has 1 aromatic rings. The van der Waals surface area contributed by atoms with E-state index in [2.05, 4.69) is 5.32 Å². The van der Waals surface area contributed by atoms with Crippen LogP contribution in [0.15, 0.2) is 24.3 Å². The molecular formula is C13H15F3N2. The van der Waals surface area contributed by atoms with E-state index in [0.29, 0.717) is 12.1 Å². The predicted octanol–water partition coefficient (Wildman–Crippen LogP) is 2.25. The number of nitrogens with two attached hydrogens (primary N) is 1. The Bertz CT molecular complexity index is 439. The minimum atomic E-state index is -4.27. The molecule has 4 unspecified atom stereocenters. The number of nitrogens with one attached hydrogen (secondary N) is 1. The van der Waals surface area contributed by atoms with Crippen molar-refractivity contribution in [2.45, 2.75) is 43.1 Å². The fourth-order valence-corrected chi connectivity index (χ4v) is 3.25. The third kappa shape index (κ3) is 1.82. The molecule has 2 aliphatic heterocycles. The summed E-state index contributed by atoms with van der Waals surface area (Å²) in [4.78, 5) is 0. The zero-order valence-corrected chi connectivity index (χ0v) is 9.74. The van der Waals surface area contributed by atoms with Gasteiger partial charge in [-0.3, -0.25) is 0 Å². The van der Waals surface area contributed by atoms with Gasteiger partial charge in [0.15, 0.2) is 0 Å². The Balaban J connectivity index is 1.85. The zero-order chi connectivity index (χ0) is 12.9. The van der Waals surface area contributed by atoms with Crippen molar-refractivity contribution in [3.8, 4) is 0 Å². The van der Waals surface area contributed by atoms with E-state index >= 15 is 0 Å². The van der Waals surface area contributed by atoms with Gasteiger partial charge >= 0.3 is 6.18 Å². The predicted molar refractivity (Wildman–Crippen MR) is 62.1 cm³/mol. The Morgan fingerprint density at radius 3 is 2.17 bits per heavy atom. The first-order chi connectivity index (χ1) is 8.47. The van der Waals surface area contributed by atoms with Crippen molar-refractivity contribution in [1.29, 1.82) is 0 Å². The second-order valence-electron chi connectivity index (χ2n) is 5.18. The highest BCUT2D eigenvalue weighted by atomic mass is 19.4. The van der Waals surface area contributed by atoms with Crippen molar-refractivity contribution in [3.05, 3.63) is 35.4 Å². The molecule has 2 fully saturated rings. The van der Waals surface area contributed by atoms with Gasteiger partial charge < -0.3 is 11.1 Å². The van der Waals surface area contributed by atoms with Crippen LogP contribution in [0.1, 0.15) is 29.9 Å². The number of fused-ring (bicyclic) bond motifs is 2. The van der Waals surface area contributed by atoms with E-state index in [1.54, 1.807) is 12.1 Å². The van der Waals surface area contributed by atoms with Gasteiger partial charge in [0.05, 0.1) is 5.56 Å². The van der Waals surface area contributed by atoms with Crippen molar-refractivity contribution in [3.63, 3.8) is 0 Å². The number of hydrogen-bond donors (Lipinski definition) is 2. The van der Waals surface area contributed by atoms with E-state index < -0.39 is 11.7 Å². The first-order valence-corrected chi connectivity index (χ1v) is 6.15. The van der Waals surface area contributed by atoms with Crippen LogP contribution < -0.4 is 11.1 Å². The summed E-state index contributed by atoms with van der Waals surface area (Å²) in [6.07, 6.45) is -2.14. The van der Waals surface area contributed by atoms with Crippen LogP contribution in [0.3, 0.4) is 0 Å². The SMILES string of the molecule is NC1C2CCC(N2)C1c1ccc(C(F)(F)F)cc1. The lowest BCUT2D eigenvalue weighted by Crippen LogP contribution is -2.38. The molecule has 0 amide bonds. The lowest BCUT2D eigenvalue weighted by Gasteiger charge is -2.26. The molecule has 0 saturated carbocycles. The Morgan fingerprint density at radius 1 is 1.06 bits per heavy atom. The minimum Gasteiger partial charge on any atom is -0.326 e. The van der Waals surface area contributed by atoms with Crippen LogP contribution in [0.25, 0.3) is 0 Å². The zero-order valence-electron chi connectivity index (χ0n) is 9.74. The first kappa shape index (κ1) is 12.0. The van der Waals surface area contributed by atoms with Crippen LogP contribution in [0.2, 0.25) is 0 Å². The lowest BCUT2D eigenvalue weighted by atomic mass is 9.80. The van der Waals surface area contributed by atoms with E-state index in [4.69, 9.17) is 5.73 Å². The van der Waals surface area contributed by atoms with E-state index in [1.807, 2.05) is 0 Å². The van der Waals surface area contributed by atoms with Crippen molar-refractivity contribution >= 4 is 0 Å². The number of halogens is 3. The molecule has 2 saturated heterocycles. The second-order valence-corrected chi connectivity index (χ2v) is 5.18. The average Bonchev–Trinajstić information content (AvgIpc) is 2.88. The molecule has 2 heterocycles. The molecule has 18 heavy (non-hydrogen) atoms. The highest BCUT2D eigenvalue weighted by molar-refractivity contribution is 5.32. The van der Waals surface area contributed by atoms with E-state index in [1.165, 1.54) is 0 Å². The summed E-state index contributed by atoms with van der Waals surface area (Å²) in [5.74, 6) is 0.144. The Labute approximate surface area is 103 Å². The highest BCUT2D eigenvalue weighted by Crippen LogP contribution is 2.40. The fourth-order valence-electron chi connectivity index (χ4n) is 3.25. The lowest BCUT2D eigenvalue weighted by molar-refractivity contribution is -0.137. The Kier molecular flexibility index (Phi) is 2.64. The monoisotopic (exact) mass is 256 g/mol. The molecule has 2 bridgehead atoms. The van der Waals surface area contributed by atoms with Crippen molar-refractivity contribution < 1.29 is 13.2 Å². The molecule has 0 radical (unpaired) electrons. The van der Waals surface area contributed by atoms with E-state index in [-0.39, 0.29) is 12.0 Å². The van der Waals surface area contributed by atoms with Gasteiger partial charge in [0.2, 0.25) is 0 Å². The van der Waals surface area contributed by atoms with Gasteiger partial charge in [-0.1, -0.05) is 12.1 Å². The quantitative estimate of drug-likeness (QED) is 0.808. The molecule has 3 rings (SSSR count). The minimum absolute atomic E-state index is 0.0143. The molecule has 98 valence electrons. The molecule has 5 heteroatoms. The van der Waals surface area contributed by atoms with Gasteiger partial charge in [-0.05, 0) is 30.5 Å². The van der Waals surface area contributed by atoms with Crippen LogP contribution in [-0.2, 0) is 6.18 Å². The van der Waals surface area contributed by atoms with Crippen LogP contribution in [-0.4, -0.2) is 18.1 Å². The summed E-state index contributed by atoms with van der Waals surface area (Å²) in [5.41, 5.74) is 6.45. The second kappa shape index (κ2) is 3.96. The topological polar surface area (TPSA) is 38.0 Å². The van der Waals surface area contributed by atoms with Gasteiger partial charge in [-0.15, -0.1) is 0 Å². The van der Waals surface area contributed by atoms with Crippen LogP contribution in [0.4, 0.5) is 13.2 Å². The van der Waals surface area contributed by atoms with Gasteiger partial charge in [-0.2, -0.15) is 13.2 Å². The smallest absolute Gasteiger partial charge is 0.326 e. The highest BCUT2D eigenvalue weighted by Gasteiger charge is 2.46. The summed E-state index contributed by atoms with van der Waals surface area (Å²) in [6, 6.07) is 6.08. The third-order valence-corrected chi connectivity index (χ3v) is 4.15. The first-order valence-electron chi connectivity index (χ1n) is 6.15. The number of benzene rings is 1. The summed E-state index contributed by atoms with van der Waals surface area (Å²) in [7, 11) is 0. The van der Waals surface area contributed by atoms with Crippen molar-refractivity contribution in [2.24, 2.45) is 5.73 Å². The molecule has 1 aromatic carbocycles. The molecule has 0 aliphatic carbocycles. The molecule has 4 atom stereocenters. The molecule has 2 nitrogen and oxygen atoms in total. The molecule has 3 N–H and O–H groups in total. The molecule has 0 spiro atoms. The standard InChI is InChI=1S/C13H15F3N2/c14-13(15,16)8-3-1-7(2-4-8)11-9-5-6-10(18-9)12(11)17/h1-4,9-12,18H,5-6,17H2. The Morgan fingerprint density at radius 2 is 1.67 bits per heavy atom. The third-order valence-electron chi connectivity index (χ3n) is 4.15. The van der Waals surface area contributed by atoms with Gasteiger partial charge in [0.25, 0.3) is 0 Å². The van der Waals surface area contributed by atoms with Gasteiger partial charge in [-0.25, -0.2) is 0 Å². The molecule has 0 aromatic heterocycles. The summed E-state index contributed by atoms with van der Waals surface area (Å²) in [6.45, 7) is 0. The van der Waals surface area contributed by atoms with Crippen LogP contribution in [0, 0.1) is 0 Å². The van der Waals surface area contributed by atoms with Gasteiger partial charge in [0.1, 0.15) is 0 Å². The maximum atomic E-state index is 12.5. The number of alkyl halides is 3. The van der Waals surface area contributed by atoms with Crippen LogP contribution in [0.5, 0.6) is 0 Å². The molecular weight excluding hydrogens is 241 g/mol. The van der Waals surface area contributed by atoms with Crippen molar-refractivity contribution in [1.82, 2.24) is 5.32 Å². The van der Waals surface area contributed by atoms with Gasteiger partial charge in [0, 0.05) is 24.0 Å². The van der Waals surface area contributed by atoms with E-state index in [9.17, 15) is 13.2 Å². The maximum Gasteiger partial charge on any atom is 0.416 e. The number of rotatable bonds is 1. The van der Waals surface area contributed by atoms with Crippen LogP contribution >= 0.6 is 0 Å².